The average Bonchev–Trinajstić information content (AvgIpc) is 3.20. The number of nitrogens with one attached hydrogen (secondary N) is 2. The summed E-state index contributed by atoms with van der Waals surface area (Å²) in [5, 5.41) is 7.71. The van der Waals surface area contributed by atoms with Gasteiger partial charge in [-0.3, -0.25) is 4.79 Å². The Hall–Kier alpha value is -2.94. The zero-order valence-electron chi connectivity index (χ0n) is 15.5. The second-order valence-electron chi connectivity index (χ2n) is 6.10. The van der Waals surface area contributed by atoms with Crippen molar-refractivity contribution in [3.8, 4) is 5.69 Å². The summed E-state index contributed by atoms with van der Waals surface area (Å²) in [6.45, 7) is 0.329. The Kier molecular flexibility index (Phi) is 6.48. The molecule has 1 heterocycles. The van der Waals surface area contributed by atoms with Crippen LogP contribution in [0, 0.1) is 0 Å². The number of carbonyl (C=O) groups excluding carboxylic acids is 1. The van der Waals surface area contributed by atoms with Gasteiger partial charge in [0.1, 0.15) is 0 Å². The van der Waals surface area contributed by atoms with E-state index in [0.717, 1.165) is 11.3 Å². The molecular formula is C20H19ClN4O3S. The second kappa shape index (κ2) is 9.04. The molecule has 1 aromatic heterocycles. The monoisotopic (exact) mass is 430 g/mol. The summed E-state index contributed by atoms with van der Waals surface area (Å²) < 4.78 is 27.4. The lowest BCUT2D eigenvalue weighted by atomic mass is 10.2. The highest BCUT2D eigenvalue weighted by Gasteiger charge is 2.09. The quantitative estimate of drug-likeness (QED) is 0.563. The summed E-state index contributed by atoms with van der Waals surface area (Å²) >= 11 is 5.88. The van der Waals surface area contributed by atoms with E-state index in [-0.39, 0.29) is 10.8 Å². The van der Waals surface area contributed by atoms with Crippen LogP contribution in [0.15, 0.2) is 71.9 Å². The van der Waals surface area contributed by atoms with Crippen LogP contribution in [-0.4, -0.2) is 31.2 Å². The number of benzene rings is 2. The van der Waals surface area contributed by atoms with Gasteiger partial charge in [0.05, 0.1) is 16.8 Å². The third-order valence-corrected chi connectivity index (χ3v) is 5.76. The highest BCUT2D eigenvalue weighted by molar-refractivity contribution is 7.89. The van der Waals surface area contributed by atoms with E-state index in [1.807, 2.05) is 18.3 Å². The van der Waals surface area contributed by atoms with Crippen LogP contribution in [-0.2, 0) is 21.4 Å². The fraction of sp³-hybridized carbons (Fsp3) is 0.100. The molecule has 0 bridgehead atoms. The van der Waals surface area contributed by atoms with Crippen LogP contribution >= 0.6 is 11.6 Å². The van der Waals surface area contributed by atoms with Crippen molar-refractivity contribution in [3.05, 3.63) is 83.2 Å². The molecular weight excluding hydrogens is 412 g/mol. The van der Waals surface area contributed by atoms with E-state index in [0.29, 0.717) is 17.1 Å². The van der Waals surface area contributed by atoms with Crippen molar-refractivity contribution >= 4 is 33.6 Å². The Labute approximate surface area is 174 Å². The summed E-state index contributed by atoms with van der Waals surface area (Å²) in [6.07, 6.45) is 6.52. The molecule has 0 radical (unpaired) electrons. The van der Waals surface area contributed by atoms with Crippen molar-refractivity contribution in [2.75, 3.05) is 7.05 Å². The number of carbonyl (C=O) groups is 1. The van der Waals surface area contributed by atoms with Gasteiger partial charge in [0.15, 0.2) is 0 Å². The lowest BCUT2D eigenvalue weighted by Crippen LogP contribution is -2.19. The molecule has 29 heavy (non-hydrogen) atoms. The average molecular weight is 431 g/mol. The summed E-state index contributed by atoms with van der Waals surface area (Å²) in [5.41, 5.74) is 2.43. The molecule has 1 amide bonds. The smallest absolute Gasteiger partial charge is 0.244 e. The van der Waals surface area contributed by atoms with Crippen molar-refractivity contribution in [3.63, 3.8) is 0 Å². The van der Waals surface area contributed by atoms with Gasteiger partial charge < -0.3 is 5.32 Å². The largest absolute Gasteiger partial charge is 0.348 e. The van der Waals surface area contributed by atoms with Gasteiger partial charge in [-0.2, -0.15) is 5.10 Å². The molecule has 2 N–H and O–H groups in total. The Balaban J connectivity index is 1.55. The van der Waals surface area contributed by atoms with Crippen LogP contribution in [0.3, 0.4) is 0 Å². The molecule has 150 valence electrons. The summed E-state index contributed by atoms with van der Waals surface area (Å²) in [4.78, 5) is 12.2. The van der Waals surface area contributed by atoms with Crippen LogP contribution in [0.5, 0.6) is 0 Å². The number of hydrogen-bond acceptors (Lipinski definition) is 4. The van der Waals surface area contributed by atoms with Gasteiger partial charge in [-0.05, 0) is 55.1 Å². The zero-order valence-corrected chi connectivity index (χ0v) is 17.1. The van der Waals surface area contributed by atoms with Gasteiger partial charge in [0.25, 0.3) is 0 Å². The SMILES string of the molecule is CNS(=O)(=O)c1ccc(/C=C/C(=O)NCc2cnn(-c3ccc(Cl)cc3)c2)cc1. The third kappa shape index (κ3) is 5.54. The number of nitrogens with zero attached hydrogens (tertiary/aromatic N) is 2. The third-order valence-electron chi connectivity index (χ3n) is 4.08. The number of sulfonamides is 1. The molecule has 3 rings (SSSR count). The molecule has 0 atom stereocenters. The molecule has 0 fully saturated rings. The fourth-order valence-electron chi connectivity index (χ4n) is 2.48. The van der Waals surface area contributed by atoms with Gasteiger partial charge in [0.2, 0.25) is 15.9 Å². The Morgan fingerprint density at radius 2 is 1.83 bits per heavy atom. The van der Waals surface area contributed by atoms with E-state index in [2.05, 4.69) is 15.1 Å². The van der Waals surface area contributed by atoms with Gasteiger partial charge >= 0.3 is 0 Å². The molecule has 0 aliphatic heterocycles. The number of aromatic nitrogens is 2. The molecule has 0 aliphatic carbocycles. The molecule has 7 nitrogen and oxygen atoms in total. The number of halogens is 1. The first-order valence-electron chi connectivity index (χ1n) is 8.66. The fourth-order valence-corrected chi connectivity index (χ4v) is 3.34. The summed E-state index contributed by atoms with van der Waals surface area (Å²) in [5.74, 6) is -0.267. The van der Waals surface area contributed by atoms with Gasteiger partial charge in [-0.25, -0.2) is 17.8 Å². The van der Waals surface area contributed by atoms with Gasteiger partial charge in [0, 0.05) is 29.4 Å². The first-order chi connectivity index (χ1) is 13.9. The summed E-state index contributed by atoms with van der Waals surface area (Å²) in [6, 6.07) is 13.5. The minimum absolute atomic E-state index is 0.166. The second-order valence-corrected chi connectivity index (χ2v) is 8.42. The first kappa shape index (κ1) is 20.8. The summed E-state index contributed by atoms with van der Waals surface area (Å²) in [7, 11) is -2.12. The predicted octanol–water partition coefficient (Wildman–Crippen LogP) is 2.76. The maximum atomic E-state index is 12.0. The molecule has 0 spiro atoms. The van der Waals surface area contributed by atoms with Gasteiger partial charge in [-0.1, -0.05) is 23.7 Å². The molecule has 0 unspecified atom stereocenters. The Bertz CT molecular complexity index is 1120. The standard InChI is InChI=1S/C20H19ClN4O3S/c1-22-29(27,28)19-9-2-15(3-10-19)4-11-20(26)23-12-16-13-24-25(14-16)18-7-5-17(21)6-8-18/h2-11,13-14,22H,12H2,1H3,(H,23,26)/b11-4+. The normalized spacial score (nSPS) is 11.7. The van der Waals surface area contributed by atoms with Crippen molar-refractivity contribution in [1.29, 1.82) is 0 Å². The van der Waals surface area contributed by atoms with Crippen LogP contribution in [0.25, 0.3) is 11.8 Å². The zero-order chi connectivity index (χ0) is 20.9. The number of rotatable bonds is 7. The lowest BCUT2D eigenvalue weighted by Gasteiger charge is -2.02. The van der Waals surface area contributed by atoms with E-state index in [1.165, 1.54) is 25.3 Å². The van der Waals surface area contributed by atoms with E-state index >= 15 is 0 Å². The van der Waals surface area contributed by atoms with E-state index in [9.17, 15) is 13.2 Å². The Morgan fingerprint density at radius 1 is 1.14 bits per heavy atom. The predicted molar refractivity (Wildman–Crippen MR) is 112 cm³/mol. The number of amides is 1. The molecule has 3 aromatic rings. The van der Waals surface area contributed by atoms with Crippen LogP contribution in [0.2, 0.25) is 5.02 Å². The van der Waals surface area contributed by atoms with Crippen LogP contribution in [0.4, 0.5) is 0 Å². The molecule has 0 saturated carbocycles. The molecule has 2 aromatic carbocycles. The van der Waals surface area contributed by atoms with Crippen molar-refractivity contribution in [2.24, 2.45) is 0 Å². The lowest BCUT2D eigenvalue weighted by molar-refractivity contribution is -0.116. The Morgan fingerprint density at radius 3 is 2.48 bits per heavy atom. The minimum atomic E-state index is -3.47. The molecule has 9 heteroatoms. The maximum absolute atomic E-state index is 12.0. The van der Waals surface area contributed by atoms with Gasteiger partial charge in [-0.15, -0.1) is 0 Å². The van der Waals surface area contributed by atoms with Crippen LogP contribution in [0.1, 0.15) is 11.1 Å². The van der Waals surface area contributed by atoms with Crippen molar-refractivity contribution < 1.29 is 13.2 Å². The van der Waals surface area contributed by atoms with E-state index in [4.69, 9.17) is 11.6 Å². The first-order valence-corrected chi connectivity index (χ1v) is 10.5. The minimum Gasteiger partial charge on any atom is -0.348 e. The molecule has 0 saturated heterocycles. The number of hydrogen-bond donors (Lipinski definition) is 2. The topological polar surface area (TPSA) is 93.1 Å². The highest BCUT2D eigenvalue weighted by atomic mass is 35.5. The van der Waals surface area contributed by atoms with E-state index in [1.54, 1.807) is 41.2 Å². The van der Waals surface area contributed by atoms with E-state index < -0.39 is 10.0 Å². The highest BCUT2D eigenvalue weighted by Crippen LogP contribution is 2.14. The maximum Gasteiger partial charge on any atom is 0.244 e. The van der Waals surface area contributed by atoms with Crippen molar-refractivity contribution in [2.45, 2.75) is 11.4 Å². The van der Waals surface area contributed by atoms with Crippen LogP contribution < -0.4 is 10.0 Å². The van der Waals surface area contributed by atoms with Crippen molar-refractivity contribution in [1.82, 2.24) is 19.8 Å². The molecule has 0 aliphatic rings.